The lowest BCUT2D eigenvalue weighted by molar-refractivity contribution is 0.0527. The SMILES string of the molecule is CC[C@@H](C)NS(=O)(=O)c1cc(C(=O)O)n(C(F)F)c1. The summed E-state index contributed by atoms with van der Waals surface area (Å²) < 4.78 is 51.3. The first-order valence-electron chi connectivity index (χ1n) is 5.44. The van der Waals surface area contributed by atoms with E-state index in [1.807, 2.05) is 0 Å². The molecule has 19 heavy (non-hydrogen) atoms. The number of carboxylic acids is 1. The minimum Gasteiger partial charge on any atom is -0.477 e. The molecule has 1 aromatic rings. The van der Waals surface area contributed by atoms with Crippen molar-refractivity contribution in [3.63, 3.8) is 0 Å². The van der Waals surface area contributed by atoms with Crippen LogP contribution in [-0.4, -0.2) is 30.1 Å². The Kier molecular flexibility index (Phi) is 4.64. The van der Waals surface area contributed by atoms with E-state index in [1.54, 1.807) is 13.8 Å². The number of carbonyl (C=O) groups is 1. The Bertz CT molecular complexity index is 568. The third-order valence-corrected chi connectivity index (χ3v) is 4.09. The number of carboxylic acid groups (broad SMARTS) is 1. The fraction of sp³-hybridized carbons (Fsp3) is 0.500. The van der Waals surface area contributed by atoms with Gasteiger partial charge in [0.05, 0.1) is 0 Å². The first-order chi connectivity index (χ1) is 8.69. The molecule has 6 nitrogen and oxygen atoms in total. The second-order valence-electron chi connectivity index (χ2n) is 3.98. The maximum Gasteiger partial charge on any atom is 0.352 e. The van der Waals surface area contributed by atoms with Gasteiger partial charge in [0.25, 0.3) is 0 Å². The van der Waals surface area contributed by atoms with Crippen LogP contribution >= 0.6 is 0 Å². The van der Waals surface area contributed by atoms with Crippen LogP contribution in [0.15, 0.2) is 17.2 Å². The molecule has 0 saturated heterocycles. The van der Waals surface area contributed by atoms with Gasteiger partial charge in [0.1, 0.15) is 10.6 Å². The summed E-state index contributed by atoms with van der Waals surface area (Å²) >= 11 is 0. The Labute approximate surface area is 109 Å². The zero-order valence-corrected chi connectivity index (χ0v) is 11.1. The lowest BCUT2D eigenvalue weighted by atomic mass is 10.3. The molecule has 0 radical (unpaired) electrons. The Morgan fingerprint density at radius 2 is 2.11 bits per heavy atom. The van der Waals surface area contributed by atoms with Crippen LogP contribution in [0.5, 0.6) is 0 Å². The molecule has 108 valence electrons. The zero-order valence-electron chi connectivity index (χ0n) is 10.3. The lowest BCUT2D eigenvalue weighted by Gasteiger charge is -2.10. The third kappa shape index (κ3) is 3.51. The van der Waals surface area contributed by atoms with Gasteiger partial charge in [-0.25, -0.2) is 17.9 Å². The summed E-state index contributed by atoms with van der Waals surface area (Å²) in [4.78, 5) is 10.3. The summed E-state index contributed by atoms with van der Waals surface area (Å²) in [5.41, 5.74) is -0.778. The number of sulfonamides is 1. The molecule has 0 aliphatic rings. The van der Waals surface area contributed by atoms with Crippen molar-refractivity contribution >= 4 is 16.0 Å². The topological polar surface area (TPSA) is 88.4 Å². The summed E-state index contributed by atoms with van der Waals surface area (Å²) in [5, 5.41) is 8.75. The molecule has 0 bridgehead atoms. The average Bonchev–Trinajstić information content (AvgIpc) is 2.73. The van der Waals surface area contributed by atoms with E-state index in [9.17, 15) is 22.0 Å². The third-order valence-electron chi connectivity index (χ3n) is 2.53. The quantitative estimate of drug-likeness (QED) is 0.835. The van der Waals surface area contributed by atoms with E-state index in [0.29, 0.717) is 18.7 Å². The predicted molar refractivity (Wildman–Crippen MR) is 62.7 cm³/mol. The number of aromatic nitrogens is 1. The first-order valence-corrected chi connectivity index (χ1v) is 6.93. The van der Waals surface area contributed by atoms with E-state index < -0.39 is 33.1 Å². The minimum absolute atomic E-state index is 0.105. The number of hydrogen-bond acceptors (Lipinski definition) is 3. The van der Waals surface area contributed by atoms with E-state index in [2.05, 4.69) is 4.72 Å². The van der Waals surface area contributed by atoms with Gasteiger partial charge >= 0.3 is 12.5 Å². The molecule has 0 aromatic carbocycles. The lowest BCUT2D eigenvalue weighted by Crippen LogP contribution is -2.31. The molecular formula is C10H14F2N2O4S. The van der Waals surface area contributed by atoms with Crippen molar-refractivity contribution in [2.75, 3.05) is 0 Å². The molecule has 1 heterocycles. The summed E-state index contributed by atoms with van der Waals surface area (Å²) in [6.45, 7) is 0.235. The fourth-order valence-corrected chi connectivity index (χ4v) is 2.70. The summed E-state index contributed by atoms with van der Waals surface area (Å²) in [5.74, 6) is -1.62. The van der Waals surface area contributed by atoms with E-state index >= 15 is 0 Å². The highest BCUT2D eigenvalue weighted by atomic mass is 32.2. The van der Waals surface area contributed by atoms with Gasteiger partial charge in [-0.1, -0.05) is 6.92 Å². The van der Waals surface area contributed by atoms with Crippen LogP contribution in [0.1, 0.15) is 37.3 Å². The summed E-state index contributed by atoms with van der Waals surface area (Å²) in [7, 11) is -4.01. The van der Waals surface area contributed by atoms with E-state index in [-0.39, 0.29) is 10.6 Å². The predicted octanol–water partition coefficient (Wildman–Crippen LogP) is 1.66. The molecular weight excluding hydrogens is 282 g/mol. The molecule has 1 rings (SSSR count). The van der Waals surface area contributed by atoms with Crippen LogP contribution < -0.4 is 4.72 Å². The molecule has 0 unspecified atom stereocenters. The largest absolute Gasteiger partial charge is 0.477 e. The molecule has 0 fully saturated rings. The van der Waals surface area contributed by atoms with Crippen LogP contribution in [0.3, 0.4) is 0 Å². The Morgan fingerprint density at radius 3 is 2.47 bits per heavy atom. The van der Waals surface area contributed by atoms with Gasteiger partial charge in [0, 0.05) is 12.2 Å². The summed E-state index contributed by atoms with van der Waals surface area (Å²) in [6, 6.07) is 0.326. The number of hydrogen-bond donors (Lipinski definition) is 2. The number of nitrogens with zero attached hydrogens (tertiary/aromatic N) is 1. The van der Waals surface area contributed by atoms with Gasteiger partial charge in [0.2, 0.25) is 10.0 Å². The average molecular weight is 296 g/mol. The molecule has 0 aliphatic heterocycles. The normalized spacial score (nSPS) is 13.7. The van der Waals surface area contributed by atoms with Crippen LogP contribution in [0.25, 0.3) is 0 Å². The minimum atomic E-state index is -4.01. The van der Waals surface area contributed by atoms with Crippen LogP contribution in [0.4, 0.5) is 8.78 Å². The van der Waals surface area contributed by atoms with Crippen molar-refractivity contribution in [2.45, 2.75) is 37.8 Å². The van der Waals surface area contributed by atoms with Gasteiger partial charge in [-0.05, 0) is 19.4 Å². The molecule has 0 saturated carbocycles. The monoisotopic (exact) mass is 296 g/mol. The Balaban J connectivity index is 3.22. The molecule has 1 atom stereocenters. The number of nitrogens with one attached hydrogen (secondary N) is 1. The van der Waals surface area contributed by atoms with Crippen molar-refractivity contribution in [3.8, 4) is 0 Å². The Hall–Kier alpha value is -1.48. The van der Waals surface area contributed by atoms with E-state index in [4.69, 9.17) is 5.11 Å². The van der Waals surface area contributed by atoms with Crippen LogP contribution in [0.2, 0.25) is 0 Å². The maximum atomic E-state index is 12.6. The summed E-state index contributed by atoms with van der Waals surface area (Å²) in [6.07, 6.45) is 1.12. The number of aromatic carboxylic acids is 1. The highest BCUT2D eigenvalue weighted by Gasteiger charge is 2.25. The first kappa shape index (κ1) is 15.6. The number of rotatable bonds is 6. The van der Waals surface area contributed by atoms with Crippen LogP contribution in [0, 0.1) is 0 Å². The second-order valence-corrected chi connectivity index (χ2v) is 5.70. The van der Waals surface area contributed by atoms with Crippen LogP contribution in [-0.2, 0) is 10.0 Å². The molecule has 9 heteroatoms. The zero-order chi connectivity index (χ0) is 14.8. The highest BCUT2D eigenvalue weighted by Crippen LogP contribution is 2.21. The standard InChI is InChI=1S/C10H14F2N2O4S/c1-3-6(2)13-19(17,18)7-4-8(9(15)16)14(5-7)10(11)12/h4-6,10,13H,3H2,1-2H3,(H,15,16)/t6-/m1/s1. The van der Waals surface area contributed by atoms with Crippen molar-refractivity contribution in [1.82, 2.24) is 9.29 Å². The molecule has 0 aliphatic carbocycles. The second kappa shape index (κ2) is 5.66. The van der Waals surface area contributed by atoms with Gasteiger partial charge in [-0.15, -0.1) is 0 Å². The molecule has 2 N–H and O–H groups in total. The smallest absolute Gasteiger partial charge is 0.352 e. The van der Waals surface area contributed by atoms with Crippen molar-refractivity contribution < 1.29 is 27.1 Å². The van der Waals surface area contributed by atoms with E-state index in [1.165, 1.54) is 0 Å². The van der Waals surface area contributed by atoms with Crippen molar-refractivity contribution in [2.24, 2.45) is 0 Å². The van der Waals surface area contributed by atoms with Crippen molar-refractivity contribution in [3.05, 3.63) is 18.0 Å². The number of halogens is 2. The van der Waals surface area contributed by atoms with Gasteiger partial charge < -0.3 is 5.11 Å². The molecule has 0 spiro atoms. The van der Waals surface area contributed by atoms with E-state index in [0.717, 1.165) is 0 Å². The number of alkyl halides is 2. The fourth-order valence-electron chi connectivity index (χ4n) is 1.35. The molecule has 0 amide bonds. The van der Waals surface area contributed by atoms with Gasteiger partial charge in [-0.3, -0.25) is 4.57 Å². The maximum absolute atomic E-state index is 12.6. The van der Waals surface area contributed by atoms with Gasteiger partial charge in [0.15, 0.2) is 0 Å². The van der Waals surface area contributed by atoms with Crippen molar-refractivity contribution in [1.29, 1.82) is 0 Å². The molecule has 1 aromatic heterocycles. The van der Waals surface area contributed by atoms with Gasteiger partial charge in [-0.2, -0.15) is 8.78 Å². The Morgan fingerprint density at radius 1 is 1.53 bits per heavy atom. The highest BCUT2D eigenvalue weighted by molar-refractivity contribution is 7.89.